The van der Waals surface area contributed by atoms with E-state index in [-0.39, 0.29) is 18.0 Å². The molecule has 0 spiro atoms. The summed E-state index contributed by atoms with van der Waals surface area (Å²) in [7, 11) is 0. The van der Waals surface area contributed by atoms with Crippen molar-refractivity contribution < 1.29 is 18.0 Å². The summed E-state index contributed by atoms with van der Waals surface area (Å²) in [5.74, 6) is -1.21. The van der Waals surface area contributed by atoms with Gasteiger partial charge in [0.15, 0.2) is 0 Å². The smallest absolute Gasteiger partial charge is 0.396 e. The normalized spacial score (nSPS) is 14.9. The van der Waals surface area contributed by atoms with Crippen molar-refractivity contribution in [2.24, 2.45) is 5.16 Å². The van der Waals surface area contributed by atoms with Gasteiger partial charge in [-0.2, -0.15) is 13.2 Å². The third-order valence-corrected chi connectivity index (χ3v) is 3.31. The molecule has 0 radical (unpaired) electrons. The summed E-state index contributed by atoms with van der Waals surface area (Å²) in [6, 6.07) is 4.96. The molecule has 8 heteroatoms. The van der Waals surface area contributed by atoms with E-state index in [1.54, 1.807) is 25.1 Å². The van der Waals surface area contributed by atoms with Crippen molar-refractivity contribution in [2.45, 2.75) is 13.1 Å². The Bertz CT molecular complexity index is 774. The van der Waals surface area contributed by atoms with Gasteiger partial charge in [-0.1, -0.05) is 22.8 Å². The first-order valence-electron chi connectivity index (χ1n) is 6.36. The molecule has 114 valence electrons. The van der Waals surface area contributed by atoms with Crippen LogP contribution in [-0.4, -0.2) is 22.3 Å². The number of oxime groups is 1. The van der Waals surface area contributed by atoms with Crippen LogP contribution in [0.5, 0.6) is 0 Å². The SMILES string of the molecule is CCON=C1c2cc(Cl)ccc2-c2cnc(C(F)(F)F)nc21. The molecule has 0 amide bonds. The molecule has 1 aliphatic rings. The van der Waals surface area contributed by atoms with Crippen LogP contribution in [0, 0.1) is 0 Å². The lowest BCUT2D eigenvalue weighted by Gasteiger charge is -2.06. The molecule has 0 N–H and O–H groups in total. The topological polar surface area (TPSA) is 47.4 Å². The first-order valence-corrected chi connectivity index (χ1v) is 6.74. The van der Waals surface area contributed by atoms with Crippen molar-refractivity contribution >= 4 is 17.3 Å². The molecule has 0 aliphatic heterocycles. The molecular formula is C14H9ClF3N3O. The van der Waals surface area contributed by atoms with Gasteiger partial charge >= 0.3 is 6.18 Å². The van der Waals surface area contributed by atoms with Gasteiger partial charge in [0.05, 0.1) is 0 Å². The summed E-state index contributed by atoms with van der Waals surface area (Å²) in [4.78, 5) is 12.0. The number of aromatic nitrogens is 2. The minimum Gasteiger partial charge on any atom is -0.396 e. The quantitative estimate of drug-likeness (QED) is 0.670. The minimum atomic E-state index is -4.63. The number of benzene rings is 1. The zero-order chi connectivity index (χ0) is 15.9. The van der Waals surface area contributed by atoms with E-state index < -0.39 is 12.0 Å². The average Bonchev–Trinajstić information content (AvgIpc) is 2.76. The molecule has 2 aromatic rings. The maximum absolute atomic E-state index is 12.8. The number of nitrogens with zero attached hydrogens (tertiary/aromatic N) is 3. The molecule has 1 aliphatic carbocycles. The maximum atomic E-state index is 12.8. The fraction of sp³-hybridized carbons (Fsp3) is 0.214. The number of halogens is 4. The van der Waals surface area contributed by atoms with Crippen molar-refractivity contribution in [1.29, 1.82) is 0 Å². The Morgan fingerprint density at radius 2 is 2.00 bits per heavy atom. The van der Waals surface area contributed by atoms with Crippen LogP contribution < -0.4 is 0 Å². The van der Waals surface area contributed by atoms with Crippen LogP contribution in [0.2, 0.25) is 5.02 Å². The Labute approximate surface area is 128 Å². The second kappa shape index (κ2) is 5.24. The van der Waals surface area contributed by atoms with E-state index >= 15 is 0 Å². The molecule has 3 rings (SSSR count). The minimum absolute atomic E-state index is 0.0908. The Morgan fingerprint density at radius 3 is 2.68 bits per heavy atom. The first-order chi connectivity index (χ1) is 10.4. The molecular weight excluding hydrogens is 319 g/mol. The van der Waals surface area contributed by atoms with E-state index in [9.17, 15) is 13.2 Å². The van der Waals surface area contributed by atoms with Gasteiger partial charge in [0, 0.05) is 22.3 Å². The molecule has 0 bridgehead atoms. The molecule has 1 aromatic carbocycles. The molecule has 22 heavy (non-hydrogen) atoms. The molecule has 0 unspecified atom stereocenters. The van der Waals surface area contributed by atoms with E-state index in [4.69, 9.17) is 16.4 Å². The lowest BCUT2D eigenvalue weighted by molar-refractivity contribution is -0.145. The largest absolute Gasteiger partial charge is 0.451 e. The highest BCUT2D eigenvalue weighted by molar-refractivity contribution is 6.32. The molecule has 0 atom stereocenters. The van der Waals surface area contributed by atoms with E-state index in [2.05, 4.69) is 15.1 Å². The van der Waals surface area contributed by atoms with Crippen molar-refractivity contribution in [3.63, 3.8) is 0 Å². The van der Waals surface area contributed by atoms with Crippen LogP contribution in [0.4, 0.5) is 13.2 Å². The lowest BCUT2D eigenvalue weighted by Crippen LogP contribution is -2.14. The van der Waals surface area contributed by atoms with Gasteiger partial charge in [0.25, 0.3) is 0 Å². The molecule has 4 nitrogen and oxygen atoms in total. The number of fused-ring (bicyclic) bond motifs is 3. The van der Waals surface area contributed by atoms with Gasteiger partial charge in [-0.25, -0.2) is 9.97 Å². The number of alkyl halides is 3. The fourth-order valence-electron chi connectivity index (χ4n) is 2.19. The average molecular weight is 328 g/mol. The zero-order valence-corrected chi connectivity index (χ0v) is 12.0. The first kappa shape index (κ1) is 14.8. The lowest BCUT2D eigenvalue weighted by atomic mass is 10.1. The second-order valence-corrected chi connectivity index (χ2v) is 4.94. The summed E-state index contributed by atoms with van der Waals surface area (Å²) in [6.07, 6.45) is -3.48. The van der Waals surface area contributed by atoms with Crippen molar-refractivity contribution in [3.8, 4) is 11.1 Å². The predicted molar refractivity (Wildman–Crippen MR) is 74.7 cm³/mol. The summed E-state index contributed by atoms with van der Waals surface area (Å²) in [6.45, 7) is 2.01. The number of hydrogen-bond donors (Lipinski definition) is 0. The summed E-state index contributed by atoms with van der Waals surface area (Å²) < 4.78 is 38.4. The van der Waals surface area contributed by atoms with Gasteiger partial charge in [-0.3, -0.25) is 0 Å². The predicted octanol–water partition coefficient (Wildman–Crippen LogP) is 3.92. The van der Waals surface area contributed by atoms with Crippen LogP contribution in [-0.2, 0) is 11.0 Å². The van der Waals surface area contributed by atoms with Crippen molar-refractivity contribution in [3.05, 3.63) is 46.5 Å². The van der Waals surface area contributed by atoms with Crippen LogP contribution in [0.1, 0.15) is 24.0 Å². The van der Waals surface area contributed by atoms with Gasteiger partial charge < -0.3 is 4.84 Å². The van der Waals surface area contributed by atoms with E-state index in [1.165, 1.54) is 0 Å². The molecule has 0 saturated heterocycles. The number of rotatable bonds is 2. The Hall–Kier alpha value is -2.15. The third-order valence-electron chi connectivity index (χ3n) is 3.08. The second-order valence-electron chi connectivity index (χ2n) is 4.50. The van der Waals surface area contributed by atoms with Gasteiger partial charge in [0.2, 0.25) is 5.82 Å². The summed E-state index contributed by atoms with van der Waals surface area (Å²) >= 11 is 5.96. The summed E-state index contributed by atoms with van der Waals surface area (Å²) in [5.41, 5.74) is 2.03. The van der Waals surface area contributed by atoms with Crippen molar-refractivity contribution in [1.82, 2.24) is 9.97 Å². The maximum Gasteiger partial charge on any atom is 0.451 e. The Kier molecular flexibility index (Phi) is 3.52. The highest BCUT2D eigenvalue weighted by Gasteiger charge is 2.37. The Balaban J connectivity index is 2.22. The van der Waals surface area contributed by atoms with E-state index in [0.717, 1.165) is 6.20 Å². The third kappa shape index (κ3) is 2.41. The molecule has 1 aromatic heterocycles. The summed E-state index contributed by atoms with van der Waals surface area (Å²) in [5, 5.41) is 4.33. The van der Waals surface area contributed by atoms with E-state index in [0.29, 0.717) is 21.7 Å². The molecule has 1 heterocycles. The van der Waals surface area contributed by atoms with Crippen LogP contribution in [0.15, 0.2) is 29.6 Å². The molecule has 0 fully saturated rings. The fourth-order valence-corrected chi connectivity index (χ4v) is 2.36. The zero-order valence-electron chi connectivity index (χ0n) is 11.3. The highest BCUT2D eigenvalue weighted by Crippen LogP contribution is 2.38. The van der Waals surface area contributed by atoms with E-state index in [1.807, 2.05) is 0 Å². The van der Waals surface area contributed by atoms with Gasteiger partial charge in [0.1, 0.15) is 18.0 Å². The van der Waals surface area contributed by atoms with Crippen LogP contribution >= 0.6 is 11.6 Å². The highest BCUT2D eigenvalue weighted by atomic mass is 35.5. The van der Waals surface area contributed by atoms with Gasteiger partial charge in [-0.05, 0) is 24.6 Å². The Morgan fingerprint density at radius 1 is 1.23 bits per heavy atom. The number of hydrogen-bond acceptors (Lipinski definition) is 4. The standard InChI is InChI=1S/C14H9ClF3N3O/c1-2-22-21-12-9-5-7(15)3-4-8(9)10-6-19-13(14(16,17)18)20-11(10)12/h3-6H,2H2,1H3. The van der Waals surface area contributed by atoms with Crippen LogP contribution in [0.25, 0.3) is 11.1 Å². The van der Waals surface area contributed by atoms with Gasteiger partial charge in [-0.15, -0.1) is 0 Å². The van der Waals surface area contributed by atoms with Crippen molar-refractivity contribution in [2.75, 3.05) is 6.61 Å². The monoisotopic (exact) mass is 327 g/mol. The molecule has 0 saturated carbocycles. The van der Waals surface area contributed by atoms with Crippen LogP contribution in [0.3, 0.4) is 0 Å².